The monoisotopic (exact) mass is 517 g/mol. The van der Waals surface area contributed by atoms with Crippen molar-refractivity contribution in [2.75, 3.05) is 36.0 Å². The molecule has 1 aliphatic rings. The van der Waals surface area contributed by atoms with Crippen LogP contribution < -0.4 is 9.80 Å². The van der Waals surface area contributed by atoms with E-state index in [0.29, 0.717) is 48.1 Å². The zero-order valence-corrected chi connectivity index (χ0v) is 21.2. The molecule has 0 spiro atoms. The molecule has 5 rings (SSSR count). The normalized spacial score (nSPS) is 15.0. The summed E-state index contributed by atoms with van der Waals surface area (Å²) < 4.78 is 27.2. The molecule has 0 N–H and O–H groups in total. The van der Waals surface area contributed by atoms with Crippen molar-refractivity contribution >= 4 is 44.0 Å². The molecule has 0 amide bonds. The fourth-order valence-electron chi connectivity index (χ4n) is 4.40. The highest BCUT2D eigenvalue weighted by atomic mass is 35.5. The number of benzene rings is 3. The number of aryl methyl sites for hydroxylation is 1. The number of nitriles is 1. The van der Waals surface area contributed by atoms with Gasteiger partial charge in [0.25, 0.3) is 0 Å². The van der Waals surface area contributed by atoms with Crippen molar-refractivity contribution in [3.8, 4) is 6.07 Å². The van der Waals surface area contributed by atoms with Crippen molar-refractivity contribution in [2.24, 2.45) is 0 Å². The molecule has 4 aromatic rings. The molecule has 1 atom stereocenters. The van der Waals surface area contributed by atoms with E-state index in [4.69, 9.17) is 16.6 Å². The Morgan fingerprint density at radius 3 is 2.17 bits per heavy atom. The van der Waals surface area contributed by atoms with Crippen LogP contribution in [0.25, 0.3) is 11.0 Å². The van der Waals surface area contributed by atoms with E-state index in [1.807, 2.05) is 60.4 Å². The predicted molar refractivity (Wildman–Crippen MR) is 142 cm³/mol. The number of para-hydroxylation sites is 2. The maximum Gasteiger partial charge on any atom is 0.200 e. The lowest BCUT2D eigenvalue weighted by atomic mass is 10.2. The van der Waals surface area contributed by atoms with Crippen LogP contribution in [0.15, 0.2) is 77.7 Å². The molecule has 1 fully saturated rings. The summed E-state index contributed by atoms with van der Waals surface area (Å²) in [6, 6.07) is 23.5. The molecule has 3 aromatic carbocycles. The summed E-state index contributed by atoms with van der Waals surface area (Å²) in [5.41, 5.74) is 3.33. The van der Waals surface area contributed by atoms with Crippen LogP contribution in [-0.4, -0.2) is 44.6 Å². The van der Waals surface area contributed by atoms with E-state index in [2.05, 4.69) is 9.88 Å². The first-order chi connectivity index (χ1) is 17.4. The Morgan fingerprint density at radius 2 is 1.53 bits per heavy atom. The molecule has 0 unspecified atom stereocenters. The second-order valence-corrected chi connectivity index (χ2v) is 11.2. The molecule has 0 saturated carbocycles. The molecule has 0 aliphatic carbocycles. The molecule has 1 saturated heterocycles. The zero-order chi connectivity index (χ0) is 25.3. The number of sulfone groups is 1. The molecule has 36 heavy (non-hydrogen) atoms. The summed E-state index contributed by atoms with van der Waals surface area (Å²) in [4.78, 5) is 13.8. The Balaban J connectivity index is 1.54. The summed E-state index contributed by atoms with van der Waals surface area (Å²) in [5, 5.41) is 9.30. The fourth-order valence-corrected chi connectivity index (χ4v) is 5.97. The number of aromatic nitrogens is 2. The van der Waals surface area contributed by atoms with Gasteiger partial charge in [-0.15, -0.1) is 0 Å². The van der Waals surface area contributed by atoms with Gasteiger partial charge in [0, 0.05) is 36.9 Å². The molecule has 7 nitrogen and oxygen atoms in total. The first-order valence-corrected chi connectivity index (χ1v) is 13.5. The first kappa shape index (κ1) is 24.0. The average Bonchev–Trinajstić information content (AvgIpc) is 2.89. The summed E-state index contributed by atoms with van der Waals surface area (Å²) >= 11 is 6.17. The third-order valence-corrected chi connectivity index (χ3v) is 8.47. The van der Waals surface area contributed by atoms with Crippen LogP contribution in [-0.2, 0) is 9.84 Å². The molecular formula is C27H24ClN5O2S. The van der Waals surface area contributed by atoms with Gasteiger partial charge in [-0.3, -0.25) is 0 Å². The lowest BCUT2D eigenvalue weighted by molar-refractivity contribution is 0.589. The molecular weight excluding hydrogens is 494 g/mol. The maximum absolute atomic E-state index is 13.6. The predicted octanol–water partition coefficient (Wildman–Crippen LogP) is 4.96. The standard InChI is InChI=1S/C27H24ClN5O2S/c1-19-9-11-22(12-10-19)36(34,35)25(18-29)26-27(31-24-8-3-2-7-23(24)30-26)33-15-13-32(14-16-33)21-6-4-5-20(28)17-21/h2-12,17,25H,13-16H2,1H3/t25-/m1/s1. The zero-order valence-electron chi connectivity index (χ0n) is 19.7. The van der Waals surface area contributed by atoms with E-state index in [1.54, 1.807) is 18.2 Å². The van der Waals surface area contributed by atoms with E-state index in [-0.39, 0.29) is 10.6 Å². The molecule has 1 aromatic heterocycles. The van der Waals surface area contributed by atoms with E-state index >= 15 is 0 Å². The minimum atomic E-state index is -4.02. The summed E-state index contributed by atoms with van der Waals surface area (Å²) in [7, 11) is -4.02. The van der Waals surface area contributed by atoms with Gasteiger partial charge >= 0.3 is 0 Å². The first-order valence-electron chi connectivity index (χ1n) is 11.6. The third-order valence-electron chi connectivity index (χ3n) is 6.36. The minimum Gasteiger partial charge on any atom is -0.368 e. The summed E-state index contributed by atoms with van der Waals surface area (Å²) in [6.07, 6.45) is 0. The van der Waals surface area contributed by atoms with Crippen molar-refractivity contribution in [1.82, 2.24) is 9.97 Å². The molecule has 0 bridgehead atoms. The number of nitrogens with zero attached hydrogens (tertiary/aromatic N) is 5. The van der Waals surface area contributed by atoms with Gasteiger partial charge in [-0.2, -0.15) is 5.26 Å². The van der Waals surface area contributed by atoms with Crippen LogP contribution in [0.1, 0.15) is 16.5 Å². The number of fused-ring (bicyclic) bond motifs is 1. The van der Waals surface area contributed by atoms with Gasteiger partial charge < -0.3 is 9.80 Å². The number of piperazine rings is 1. The van der Waals surface area contributed by atoms with Gasteiger partial charge in [-0.25, -0.2) is 18.4 Å². The maximum atomic E-state index is 13.6. The Bertz CT molecular complexity index is 1560. The Labute approximate surface area is 215 Å². The van der Waals surface area contributed by atoms with Gasteiger partial charge in [-0.05, 0) is 49.4 Å². The Morgan fingerprint density at radius 1 is 0.889 bits per heavy atom. The number of hydrogen-bond acceptors (Lipinski definition) is 7. The van der Waals surface area contributed by atoms with E-state index in [0.717, 1.165) is 11.3 Å². The highest BCUT2D eigenvalue weighted by Gasteiger charge is 2.35. The second kappa shape index (κ2) is 9.76. The lowest BCUT2D eigenvalue weighted by Gasteiger charge is -2.37. The largest absolute Gasteiger partial charge is 0.368 e. The van der Waals surface area contributed by atoms with Crippen molar-refractivity contribution in [1.29, 1.82) is 5.26 Å². The van der Waals surface area contributed by atoms with E-state index in [1.165, 1.54) is 12.1 Å². The van der Waals surface area contributed by atoms with Gasteiger partial charge in [0.05, 0.1) is 22.0 Å². The van der Waals surface area contributed by atoms with Gasteiger partial charge in [0.1, 0.15) is 5.69 Å². The van der Waals surface area contributed by atoms with Crippen molar-refractivity contribution < 1.29 is 8.42 Å². The molecule has 1 aliphatic heterocycles. The van der Waals surface area contributed by atoms with Gasteiger partial charge in [0.2, 0.25) is 9.84 Å². The van der Waals surface area contributed by atoms with Crippen molar-refractivity contribution in [3.63, 3.8) is 0 Å². The average molecular weight is 518 g/mol. The smallest absolute Gasteiger partial charge is 0.200 e. The molecule has 182 valence electrons. The summed E-state index contributed by atoms with van der Waals surface area (Å²) in [6.45, 7) is 4.45. The minimum absolute atomic E-state index is 0.0892. The van der Waals surface area contributed by atoms with Crippen LogP contribution in [0, 0.1) is 18.3 Å². The third kappa shape index (κ3) is 4.60. The van der Waals surface area contributed by atoms with Crippen molar-refractivity contribution in [3.05, 3.63) is 89.1 Å². The van der Waals surface area contributed by atoms with Crippen LogP contribution in [0.3, 0.4) is 0 Å². The van der Waals surface area contributed by atoms with Crippen molar-refractivity contribution in [2.45, 2.75) is 17.1 Å². The number of anilines is 2. The molecule has 0 radical (unpaired) electrons. The quantitative estimate of drug-likeness (QED) is 0.369. The van der Waals surface area contributed by atoms with E-state index < -0.39 is 15.1 Å². The van der Waals surface area contributed by atoms with E-state index in [9.17, 15) is 13.7 Å². The highest BCUT2D eigenvalue weighted by molar-refractivity contribution is 7.92. The SMILES string of the molecule is Cc1ccc(S(=O)(=O)[C@H](C#N)c2nc3ccccc3nc2N2CCN(c3cccc(Cl)c3)CC2)cc1. The van der Waals surface area contributed by atoms with Crippen LogP contribution in [0.2, 0.25) is 5.02 Å². The van der Waals surface area contributed by atoms with Gasteiger partial charge in [0.15, 0.2) is 11.1 Å². The topological polar surface area (TPSA) is 90.2 Å². The second-order valence-electron chi connectivity index (χ2n) is 8.74. The lowest BCUT2D eigenvalue weighted by Crippen LogP contribution is -2.47. The Kier molecular flexibility index (Phi) is 6.52. The van der Waals surface area contributed by atoms with Gasteiger partial charge in [-0.1, -0.05) is 47.5 Å². The fraction of sp³-hybridized carbons (Fsp3) is 0.222. The highest BCUT2D eigenvalue weighted by Crippen LogP contribution is 2.34. The van der Waals surface area contributed by atoms with Crippen LogP contribution >= 0.6 is 11.6 Å². The van der Waals surface area contributed by atoms with Crippen LogP contribution in [0.5, 0.6) is 0 Å². The van der Waals surface area contributed by atoms with Crippen LogP contribution in [0.4, 0.5) is 11.5 Å². The Hall–Kier alpha value is -3.67. The molecule has 2 heterocycles. The number of hydrogen-bond donors (Lipinski definition) is 0. The molecule has 9 heteroatoms. The number of rotatable bonds is 5. The summed E-state index contributed by atoms with van der Waals surface area (Å²) in [5.74, 6) is 0.432. The number of halogens is 1.